The van der Waals surface area contributed by atoms with E-state index in [2.05, 4.69) is 44.3 Å². The highest BCUT2D eigenvalue weighted by atomic mass is 14.7. The van der Waals surface area contributed by atoms with Crippen molar-refractivity contribution in [3.05, 3.63) is 47.6 Å². The van der Waals surface area contributed by atoms with Gasteiger partial charge in [-0.3, -0.25) is 0 Å². The summed E-state index contributed by atoms with van der Waals surface area (Å²) in [5.74, 6) is 0.583. The van der Waals surface area contributed by atoms with Crippen LogP contribution in [-0.2, 0) is 0 Å². The van der Waals surface area contributed by atoms with Crippen LogP contribution in [0.1, 0.15) is 38.2 Å². The Kier molecular flexibility index (Phi) is 4.84. The van der Waals surface area contributed by atoms with Gasteiger partial charge in [0.1, 0.15) is 0 Å². The highest BCUT2D eigenvalue weighted by molar-refractivity contribution is 5.44. The molecule has 0 fully saturated rings. The van der Waals surface area contributed by atoms with Crippen LogP contribution in [0.2, 0.25) is 0 Å². The lowest BCUT2D eigenvalue weighted by atomic mass is 9.97. The third-order valence-corrected chi connectivity index (χ3v) is 2.81. The second kappa shape index (κ2) is 6.16. The molecule has 1 unspecified atom stereocenters. The summed E-state index contributed by atoms with van der Waals surface area (Å²) in [5, 5.41) is 2.36. The fraction of sp³-hybridized carbons (Fsp3) is 0.333. The van der Waals surface area contributed by atoms with Gasteiger partial charge in [0.05, 0.1) is 0 Å². The maximum absolute atomic E-state index is 3.77. The first-order chi connectivity index (χ1) is 7.74. The zero-order valence-electron chi connectivity index (χ0n) is 10.3. The average Bonchev–Trinajstić information content (AvgIpc) is 2.64. The molecule has 1 aromatic rings. The maximum Gasteiger partial charge on any atom is 0.0456 e. The van der Waals surface area contributed by atoms with Gasteiger partial charge >= 0.3 is 0 Å². The van der Waals surface area contributed by atoms with Crippen molar-refractivity contribution in [2.24, 2.45) is 0 Å². The lowest BCUT2D eigenvalue weighted by molar-refractivity contribution is 0.663. The fourth-order valence-corrected chi connectivity index (χ4v) is 2.02. The Bertz CT molecular complexity index is 462. The molecule has 1 N–H and O–H groups in total. The first-order valence-corrected chi connectivity index (χ1v) is 5.87. The minimum atomic E-state index is 0.583. The highest BCUT2D eigenvalue weighted by Crippen LogP contribution is 2.15. The summed E-state index contributed by atoms with van der Waals surface area (Å²) in [7, 11) is 0. The molecule has 0 aliphatic carbocycles. The molecule has 1 rings (SSSR count). The van der Waals surface area contributed by atoms with Crippen LogP contribution in [0, 0.1) is 0 Å². The van der Waals surface area contributed by atoms with E-state index in [9.17, 15) is 0 Å². The topological polar surface area (TPSA) is 15.8 Å². The zero-order valence-corrected chi connectivity index (χ0v) is 10.3. The number of nitrogens with one attached hydrogen (secondary N) is 1. The summed E-state index contributed by atoms with van der Waals surface area (Å²) in [4.78, 5) is 3.29. The van der Waals surface area contributed by atoms with E-state index < -0.39 is 0 Å². The molecule has 0 aromatic carbocycles. The number of aromatic nitrogens is 1. The Morgan fingerprint density at radius 1 is 1.31 bits per heavy atom. The molecule has 16 heavy (non-hydrogen) atoms. The van der Waals surface area contributed by atoms with Gasteiger partial charge in [-0.05, 0) is 24.0 Å². The molecule has 1 nitrogen and oxygen atoms in total. The molecular formula is C15H21N. The smallest absolute Gasteiger partial charge is 0.0456 e. The van der Waals surface area contributed by atoms with Gasteiger partial charge in [0.15, 0.2) is 0 Å². The third kappa shape index (κ3) is 2.75. The molecule has 1 heteroatoms. The number of rotatable bonds is 5. The van der Waals surface area contributed by atoms with Gasteiger partial charge in [0, 0.05) is 16.8 Å². The zero-order chi connectivity index (χ0) is 12.0. The van der Waals surface area contributed by atoms with Crippen molar-refractivity contribution < 1.29 is 0 Å². The quantitative estimate of drug-likeness (QED) is 0.777. The highest BCUT2D eigenvalue weighted by Gasteiger charge is 2.07. The summed E-state index contributed by atoms with van der Waals surface area (Å²) in [5.41, 5.74) is 1.37. The van der Waals surface area contributed by atoms with Crippen LogP contribution in [0.15, 0.2) is 31.5 Å². The van der Waals surface area contributed by atoms with Gasteiger partial charge in [-0.2, -0.15) is 0 Å². The van der Waals surface area contributed by atoms with Gasteiger partial charge < -0.3 is 4.98 Å². The van der Waals surface area contributed by atoms with Crippen LogP contribution < -0.4 is 10.6 Å². The van der Waals surface area contributed by atoms with Gasteiger partial charge in [-0.15, -0.1) is 0 Å². The van der Waals surface area contributed by atoms with Crippen molar-refractivity contribution in [3.8, 4) is 0 Å². The number of aromatic amines is 1. The van der Waals surface area contributed by atoms with Gasteiger partial charge in [0.2, 0.25) is 0 Å². The second-order valence-corrected chi connectivity index (χ2v) is 4.07. The summed E-state index contributed by atoms with van der Waals surface area (Å²) < 4.78 is 0. The monoisotopic (exact) mass is 215 g/mol. The third-order valence-electron chi connectivity index (χ3n) is 2.81. The molecular weight excluding hydrogens is 194 g/mol. The van der Waals surface area contributed by atoms with Gasteiger partial charge in [-0.25, -0.2) is 0 Å². The van der Waals surface area contributed by atoms with E-state index in [0.717, 1.165) is 5.35 Å². The Morgan fingerprint density at radius 2 is 2.00 bits per heavy atom. The maximum atomic E-state index is 3.77. The molecule has 1 heterocycles. The summed E-state index contributed by atoms with van der Waals surface area (Å²) in [6, 6.07) is 0. The Labute approximate surface area is 97.9 Å². The van der Waals surface area contributed by atoms with Crippen LogP contribution in [0.4, 0.5) is 0 Å². The summed E-state index contributed by atoms with van der Waals surface area (Å²) in [6.45, 7) is 12.0. The second-order valence-electron chi connectivity index (χ2n) is 4.07. The SMILES string of the molecule is C=C/C=c1/c(C(C)CCC)c[nH]/c1=C/C=C. The van der Waals surface area contributed by atoms with E-state index in [-0.39, 0.29) is 0 Å². The fourth-order valence-electron chi connectivity index (χ4n) is 2.02. The lowest BCUT2D eigenvalue weighted by Crippen LogP contribution is -2.25. The van der Waals surface area contributed by atoms with Crippen molar-refractivity contribution in [1.82, 2.24) is 4.98 Å². The molecule has 0 saturated carbocycles. The van der Waals surface area contributed by atoms with Gasteiger partial charge in [-0.1, -0.05) is 51.7 Å². The molecule has 1 aromatic heterocycles. The summed E-state index contributed by atoms with van der Waals surface area (Å²) in [6.07, 6.45) is 12.2. The number of allylic oxidation sites excluding steroid dienone is 2. The number of hydrogen-bond acceptors (Lipinski definition) is 0. The Morgan fingerprint density at radius 3 is 2.56 bits per heavy atom. The van der Waals surface area contributed by atoms with E-state index in [1.165, 1.54) is 23.6 Å². The van der Waals surface area contributed by atoms with Crippen molar-refractivity contribution >= 4 is 12.2 Å². The van der Waals surface area contributed by atoms with Crippen LogP contribution in [-0.4, -0.2) is 4.98 Å². The molecule has 0 aliphatic rings. The van der Waals surface area contributed by atoms with Crippen molar-refractivity contribution in [2.45, 2.75) is 32.6 Å². The van der Waals surface area contributed by atoms with E-state index >= 15 is 0 Å². The Hall–Kier alpha value is -1.50. The molecule has 0 spiro atoms. The molecule has 86 valence electrons. The molecule has 0 saturated heterocycles. The van der Waals surface area contributed by atoms with Crippen LogP contribution in [0.5, 0.6) is 0 Å². The minimum absolute atomic E-state index is 0.583. The normalized spacial score (nSPS) is 15.1. The van der Waals surface area contributed by atoms with E-state index in [1.807, 2.05) is 12.2 Å². The van der Waals surface area contributed by atoms with E-state index in [4.69, 9.17) is 0 Å². The largest absolute Gasteiger partial charge is 0.361 e. The van der Waals surface area contributed by atoms with Crippen LogP contribution in [0.25, 0.3) is 12.2 Å². The Balaban J connectivity index is 3.31. The molecule has 0 amide bonds. The minimum Gasteiger partial charge on any atom is -0.361 e. The first-order valence-electron chi connectivity index (χ1n) is 5.87. The standard InChI is InChI=1S/C15H21N/c1-5-8-12(4)14-11-16-15(10-7-3)13(14)9-6-2/h6-7,9-12,16H,2-3,5,8H2,1,4H3/b13-9-,15-10+. The predicted molar refractivity (Wildman–Crippen MR) is 72.7 cm³/mol. The van der Waals surface area contributed by atoms with E-state index in [0.29, 0.717) is 5.92 Å². The van der Waals surface area contributed by atoms with Crippen molar-refractivity contribution in [2.75, 3.05) is 0 Å². The summed E-state index contributed by atoms with van der Waals surface area (Å²) >= 11 is 0. The molecule has 0 bridgehead atoms. The number of hydrogen-bond donors (Lipinski definition) is 1. The molecule has 1 atom stereocenters. The number of H-pyrrole nitrogens is 1. The van der Waals surface area contributed by atoms with Crippen LogP contribution >= 0.6 is 0 Å². The lowest BCUT2D eigenvalue weighted by Gasteiger charge is -2.07. The van der Waals surface area contributed by atoms with Gasteiger partial charge in [0.25, 0.3) is 0 Å². The van der Waals surface area contributed by atoms with Crippen molar-refractivity contribution in [3.63, 3.8) is 0 Å². The predicted octanol–water partition coefficient (Wildman–Crippen LogP) is 2.85. The van der Waals surface area contributed by atoms with Crippen LogP contribution in [0.3, 0.4) is 0 Å². The molecule has 0 aliphatic heterocycles. The average molecular weight is 215 g/mol. The van der Waals surface area contributed by atoms with E-state index in [1.54, 1.807) is 6.08 Å². The first kappa shape index (κ1) is 12.6. The van der Waals surface area contributed by atoms with Crippen molar-refractivity contribution in [1.29, 1.82) is 0 Å². The molecule has 0 radical (unpaired) electrons.